The first-order valence-electron chi connectivity index (χ1n) is 9.14. The molecule has 1 fully saturated rings. The predicted octanol–water partition coefficient (Wildman–Crippen LogP) is 1.23. The van der Waals surface area contributed by atoms with Crippen LogP contribution in [0, 0.1) is 13.8 Å². The van der Waals surface area contributed by atoms with Crippen molar-refractivity contribution in [2.45, 2.75) is 59.0 Å². The summed E-state index contributed by atoms with van der Waals surface area (Å²) in [5.41, 5.74) is 0.902. The average Bonchev–Trinajstić information content (AvgIpc) is 2.78. The van der Waals surface area contributed by atoms with Crippen molar-refractivity contribution in [2.75, 3.05) is 19.6 Å². The number of carbonyl (C=O) groups excluding carboxylic acids is 2. The van der Waals surface area contributed by atoms with Crippen LogP contribution in [0.3, 0.4) is 0 Å². The zero-order valence-electron chi connectivity index (χ0n) is 16.1. The topological polar surface area (TPSA) is 99.9 Å². The zero-order chi connectivity index (χ0) is 20.1. The maximum Gasteiger partial charge on any atom is 0.323 e. The predicted molar refractivity (Wildman–Crippen MR) is 102 cm³/mol. The molecule has 1 unspecified atom stereocenters. The van der Waals surface area contributed by atoms with Gasteiger partial charge in [0.05, 0.1) is 0 Å². The number of likely N-dealkylation sites (tertiary alicyclic amines) is 1. The Balaban J connectivity index is 1.94. The summed E-state index contributed by atoms with van der Waals surface area (Å²) in [6.07, 6.45) is 2.22. The second-order valence-electron chi connectivity index (χ2n) is 6.92. The number of aliphatic carboxylic acids is 1. The van der Waals surface area contributed by atoms with Gasteiger partial charge in [0, 0.05) is 49.6 Å². The van der Waals surface area contributed by atoms with Gasteiger partial charge in [0.15, 0.2) is 0 Å². The molecule has 2 heterocycles. The molecule has 1 N–H and O–H groups in total. The van der Waals surface area contributed by atoms with Gasteiger partial charge in [-0.1, -0.05) is 11.3 Å². The first-order chi connectivity index (χ1) is 12.7. The normalized spacial score (nSPS) is 17.4. The summed E-state index contributed by atoms with van der Waals surface area (Å²) in [4.78, 5) is 51.4. The van der Waals surface area contributed by atoms with Crippen molar-refractivity contribution in [1.29, 1.82) is 0 Å². The lowest BCUT2D eigenvalue weighted by molar-refractivity contribution is -0.145. The molecule has 1 saturated heterocycles. The van der Waals surface area contributed by atoms with E-state index in [0.29, 0.717) is 32.5 Å². The summed E-state index contributed by atoms with van der Waals surface area (Å²) in [7, 11) is 0. The molecular weight excluding hydrogens is 370 g/mol. The number of aromatic nitrogens is 1. The van der Waals surface area contributed by atoms with Gasteiger partial charge in [-0.3, -0.25) is 19.2 Å². The minimum Gasteiger partial charge on any atom is -0.480 e. The summed E-state index contributed by atoms with van der Waals surface area (Å²) >= 11 is 1.19. The number of aryl methyl sites for hydroxylation is 1. The summed E-state index contributed by atoms with van der Waals surface area (Å²) in [6, 6.07) is -0.166. The number of hydrogen-bond acceptors (Lipinski definition) is 5. The smallest absolute Gasteiger partial charge is 0.323 e. The van der Waals surface area contributed by atoms with Crippen LogP contribution in [0.15, 0.2) is 4.79 Å². The van der Waals surface area contributed by atoms with Crippen LogP contribution in [0.2, 0.25) is 0 Å². The van der Waals surface area contributed by atoms with Crippen LogP contribution < -0.4 is 4.87 Å². The van der Waals surface area contributed by atoms with Gasteiger partial charge >= 0.3 is 10.8 Å². The summed E-state index contributed by atoms with van der Waals surface area (Å²) in [6.45, 7) is 6.29. The first kappa shape index (κ1) is 21.1. The van der Waals surface area contributed by atoms with Crippen LogP contribution >= 0.6 is 11.3 Å². The number of hydrogen-bond donors (Lipinski definition) is 1. The Morgan fingerprint density at radius 3 is 2.48 bits per heavy atom. The zero-order valence-corrected chi connectivity index (χ0v) is 16.9. The van der Waals surface area contributed by atoms with E-state index in [9.17, 15) is 19.2 Å². The second-order valence-corrected chi connectivity index (χ2v) is 8.08. The van der Waals surface area contributed by atoms with Crippen LogP contribution in [0.25, 0.3) is 0 Å². The first-order valence-corrected chi connectivity index (χ1v) is 9.96. The van der Waals surface area contributed by atoms with E-state index in [1.54, 1.807) is 9.47 Å². The summed E-state index contributed by atoms with van der Waals surface area (Å²) in [5.74, 6) is -1.31. The van der Waals surface area contributed by atoms with Crippen LogP contribution in [0.5, 0.6) is 0 Å². The lowest BCUT2D eigenvalue weighted by Crippen LogP contribution is -2.43. The molecule has 1 aromatic heterocycles. The molecule has 0 spiro atoms. The Morgan fingerprint density at radius 2 is 1.93 bits per heavy atom. The van der Waals surface area contributed by atoms with E-state index in [0.717, 1.165) is 17.0 Å². The van der Waals surface area contributed by atoms with Gasteiger partial charge in [-0.15, -0.1) is 0 Å². The number of rotatable bonds is 6. The molecule has 0 aliphatic carbocycles. The van der Waals surface area contributed by atoms with E-state index in [-0.39, 0.29) is 35.7 Å². The Labute approximate surface area is 162 Å². The maximum absolute atomic E-state index is 12.6. The highest BCUT2D eigenvalue weighted by molar-refractivity contribution is 7.09. The highest BCUT2D eigenvalue weighted by atomic mass is 32.1. The second kappa shape index (κ2) is 9.16. The molecule has 9 heteroatoms. The maximum atomic E-state index is 12.6. The fourth-order valence-electron chi connectivity index (χ4n) is 3.49. The molecule has 2 rings (SSSR count). The van der Waals surface area contributed by atoms with E-state index in [1.165, 1.54) is 23.2 Å². The molecule has 0 radical (unpaired) electrons. The molecule has 0 aromatic carbocycles. The minimum absolute atomic E-state index is 0.0154. The Bertz CT molecular complexity index is 770. The van der Waals surface area contributed by atoms with E-state index < -0.39 is 5.97 Å². The van der Waals surface area contributed by atoms with Crippen LogP contribution in [-0.2, 0) is 20.9 Å². The quantitative estimate of drug-likeness (QED) is 0.778. The third-order valence-electron chi connectivity index (χ3n) is 5.13. The van der Waals surface area contributed by atoms with Gasteiger partial charge in [0.2, 0.25) is 11.8 Å². The molecule has 1 aliphatic rings. The molecule has 1 atom stereocenters. The van der Waals surface area contributed by atoms with E-state index in [1.807, 2.05) is 13.8 Å². The molecule has 1 aromatic rings. The molecule has 27 heavy (non-hydrogen) atoms. The van der Waals surface area contributed by atoms with E-state index >= 15 is 0 Å². The summed E-state index contributed by atoms with van der Waals surface area (Å²) in [5, 5.41) is 9.01. The van der Waals surface area contributed by atoms with Crippen LogP contribution in [-0.4, -0.2) is 62.9 Å². The molecule has 0 bridgehead atoms. The third-order valence-corrected chi connectivity index (χ3v) is 6.12. The number of nitrogens with zero attached hydrogens (tertiary/aromatic N) is 3. The van der Waals surface area contributed by atoms with Crippen molar-refractivity contribution in [3.8, 4) is 0 Å². The molecule has 2 amide bonds. The fourth-order valence-corrected chi connectivity index (χ4v) is 4.35. The fraction of sp³-hybridized carbons (Fsp3) is 0.667. The monoisotopic (exact) mass is 397 g/mol. The third kappa shape index (κ3) is 5.41. The largest absolute Gasteiger partial charge is 0.480 e. The Morgan fingerprint density at radius 1 is 1.22 bits per heavy atom. The van der Waals surface area contributed by atoms with Gasteiger partial charge in [0.25, 0.3) is 0 Å². The number of carboxylic acid groups (broad SMARTS) is 1. The number of carboxylic acids is 1. The molecular formula is C18H27N3O5S. The number of thiazole rings is 1. The van der Waals surface area contributed by atoms with Gasteiger partial charge < -0.3 is 19.5 Å². The van der Waals surface area contributed by atoms with Crippen LogP contribution in [0.1, 0.15) is 43.2 Å². The standard InChI is InChI=1S/C18H27N3O5S/c1-12-13(2)27-18(26)20(12)10-7-16(23)19-8-4-5-15(6-9-19)21(14(3)22)11-17(24)25/h15H,4-11H2,1-3H3,(H,24,25). The van der Waals surface area contributed by atoms with Crippen molar-refractivity contribution < 1.29 is 19.5 Å². The molecule has 8 nitrogen and oxygen atoms in total. The highest BCUT2D eigenvalue weighted by Crippen LogP contribution is 2.18. The molecule has 1 aliphatic heterocycles. The van der Waals surface area contributed by atoms with Gasteiger partial charge in [-0.25, -0.2) is 0 Å². The van der Waals surface area contributed by atoms with Gasteiger partial charge in [-0.2, -0.15) is 0 Å². The van der Waals surface area contributed by atoms with Gasteiger partial charge in [0.1, 0.15) is 6.54 Å². The van der Waals surface area contributed by atoms with Gasteiger partial charge in [-0.05, 0) is 33.1 Å². The van der Waals surface area contributed by atoms with Crippen molar-refractivity contribution in [1.82, 2.24) is 14.4 Å². The van der Waals surface area contributed by atoms with Crippen molar-refractivity contribution in [2.24, 2.45) is 0 Å². The summed E-state index contributed by atoms with van der Waals surface area (Å²) < 4.78 is 1.64. The van der Waals surface area contributed by atoms with E-state index in [2.05, 4.69) is 0 Å². The molecule has 150 valence electrons. The van der Waals surface area contributed by atoms with Crippen molar-refractivity contribution in [3.63, 3.8) is 0 Å². The Kier molecular flexibility index (Phi) is 7.18. The lowest BCUT2D eigenvalue weighted by atomic mass is 10.1. The SMILES string of the molecule is CC(=O)N(CC(=O)O)C1CCCN(C(=O)CCn2c(C)c(C)sc2=O)CC1. The van der Waals surface area contributed by atoms with E-state index in [4.69, 9.17) is 5.11 Å². The van der Waals surface area contributed by atoms with Crippen LogP contribution in [0.4, 0.5) is 0 Å². The average molecular weight is 397 g/mol. The number of amides is 2. The Hall–Kier alpha value is -2.16. The minimum atomic E-state index is -1.03. The molecule has 0 saturated carbocycles. The lowest BCUT2D eigenvalue weighted by Gasteiger charge is -2.28. The highest BCUT2D eigenvalue weighted by Gasteiger charge is 2.27. The van der Waals surface area contributed by atoms with Crippen molar-refractivity contribution in [3.05, 3.63) is 20.2 Å². The number of carbonyl (C=O) groups is 3. The van der Waals surface area contributed by atoms with Crippen molar-refractivity contribution >= 4 is 29.1 Å².